The summed E-state index contributed by atoms with van der Waals surface area (Å²) < 4.78 is 63.5. The number of benzene rings is 2. The van der Waals surface area contributed by atoms with Crippen molar-refractivity contribution in [1.29, 1.82) is 0 Å². The van der Waals surface area contributed by atoms with E-state index in [1.165, 1.54) is 24.3 Å². The standard InChI is InChI=1S/C14H9ClFNO4S2/c15-12-8-11(3-4-13(12)16)23(20,21)17-10-2-1-9-5-6-22(18,19)14(9)7-10/h1-8,17H. The molecule has 2 aromatic rings. The van der Waals surface area contributed by atoms with Gasteiger partial charge in [0.2, 0.25) is 9.84 Å². The quantitative estimate of drug-likeness (QED) is 0.896. The number of hydrogen-bond donors (Lipinski definition) is 1. The third-order valence-electron chi connectivity index (χ3n) is 3.20. The van der Waals surface area contributed by atoms with Crippen LogP contribution in [-0.4, -0.2) is 16.8 Å². The molecule has 0 spiro atoms. The average molecular weight is 374 g/mol. The maximum absolute atomic E-state index is 13.1. The van der Waals surface area contributed by atoms with Crippen molar-refractivity contribution in [3.8, 4) is 0 Å². The Balaban J connectivity index is 1.98. The zero-order valence-corrected chi connectivity index (χ0v) is 13.7. The van der Waals surface area contributed by atoms with E-state index in [0.717, 1.165) is 23.6 Å². The van der Waals surface area contributed by atoms with Crippen molar-refractivity contribution >= 4 is 43.2 Å². The van der Waals surface area contributed by atoms with Gasteiger partial charge in [0.05, 0.1) is 20.5 Å². The van der Waals surface area contributed by atoms with Crippen LogP contribution in [0.15, 0.2) is 51.6 Å². The summed E-state index contributed by atoms with van der Waals surface area (Å²) in [4.78, 5) is -0.208. The molecule has 0 aromatic heterocycles. The molecule has 0 bridgehead atoms. The summed E-state index contributed by atoms with van der Waals surface area (Å²) in [5, 5.41) is 0.726. The fourth-order valence-corrected chi connectivity index (χ4v) is 4.62. The molecule has 1 aliphatic rings. The molecule has 1 heterocycles. The second-order valence-electron chi connectivity index (χ2n) is 4.78. The Morgan fingerprint density at radius 3 is 2.52 bits per heavy atom. The van der Waals surface area contributed by atoms with Crippen LogP contribution in [0.1, 0.15) is 5.56 Å². The molecule has 2 aromatic carbocycles. The molecule has 0 unspecified atom stereocenters. The lowest BCUT2D eigenvalue weighted by Crippen LogP contribution is -2.13. The Morgan fingerprint density at radius 2 is 1.83 bits per heavy atom. The van der Waals surface area contributed by atoms with Crippen molar-refractivity contribution in [2.75, 3.05) is 4.72 Å². The van der Waals surface area contributed by atoms with Gasteiger partial charge in [-0.2, -0.15) is 0 Å². The molecule has 0 amide bonds. The maximum atomic E-state index is 13.1. The van der Waals surface area contributed by atoms with Gasteiger partial charge in [0, 0.05) is 5.41 Å². The molecule has 0 saturated heterocycles. The molecule has 0 fully saturated rings. The van der Waals surface area contributed by atoms with Crippen LogP contribution < -0.4 is 4.72 Å². The van der Waals surface area contributed by atoms with E-state index in [-0.39, 0.29) is 20.5 Å². The molecule has 9 heteroatoms. The number of halogens is 2. The minimum absolute atomic E-state index is 0.0230. The normalized spacial score (nSPS) is 15.4. The van der Waals surface area contributed by atoms with Crippen LogP contribution in [0.5, 0.6) is 0 Å². The maximum Gasteiger partial charge on any atom is 0.261 e. The lowest BCUT2D eigenvalue weighted by Gasteiger charge is -2.10. The first-order valence-electron chi connectivity index (χ1n) is 6.24. The minimum Gasteiger partial charge on any atom is -0.280 e. The van der Waals surface area contributed by atoms with Crippen molar-refractivity contribution in [2.24, 2.45) is 0 Å². The summed E-state index contributed by atoms with van der Waals surface area (Å²) >= 11 is 5.58. The van der Waals surface area contributed by atoms with E-state index in [9.17, 15) is 21.2 Å². The van der Waals surface area contributed by atoms with Crippen molar-refractivity contribution in [3.05, 3.63) is 58.2 Å². The number of fused-ring (bicyclic) bond motifs is 1. The lowest BCUT2D eigenvalue weighted by molar-refractivity contribution is 0.598. The van der Waals surface area contributed by atoms with Gasteiger partial charge < -0.3 is 0 Å². The van der Waals surface area contributed by atoms with Crippen LogP contribution in [0.4, 0.5) is 10.1 Å². The number of sulfone groups is 1. The van der Waals surface area contributed by atoms with Gasteiger partial charge in [0.1, 0.15) is 5.82 Å². The van der Waals surface area contributed by atoms with Gasteiger partial charge in [-0.3, -0.25) is 4.72 Å². The van der Waals surface area contributed by atoms with E-state index in [0.29, 0.717) is 5.56 Å². The molecule has 3 rings (SSSR count). The van der Waals surface area contributed by atoms with Gasteiger partial charge in [0.15, 0.2) is 0 Å². The van der Waals surface area contributed by atoms with E-state index in [1.807, 2.05) is 0 Å². The molecule has 1 aliphatic heterocycles. The largest absolute Gasteiger partial charge is 0.280 e. The highest BCUT2D eigenvalue weighted by Gasteiger charge is 2.22. The molecule has 0 saturated carbocycles. The summed E-state index contributed by atoms with van der Waals surface area (Å²) in [6, 6.07) is 7.14. The van der Waals surface area contributed by atoms with Crippen LogP contribution in [-0.2, 0) is 19.9 Å². The van der Waals surface area contributed by atoms with Gasteiger partial charge in [-0.1, -0.05) is 17.7 Å². The summed E-state index contributed by atoms with van der Waals surface area (Å²) in [6.45, 7) is 0. The SMILES string of the molecule is O=S1(=O)C=Cc2ccc(NS(=O)(=O)c3ccc(F)c(Cl)c3)cc21. The lowest BCUT2D eigenvalue weighted by atomic mass is 10.2. The van der Waals surface area contributed by atoms with Crippen LogP contribution in [0.3, 0.4) is 0 Å². The summed E-state index contributed by atoms with van der Waals surface area (Å²) in [6.07, 6.45) is 1.43. The highest BCUT2D eigenvalue weighted by atomic mass is 35.5. The first-order valence-corrected chi connectivity index (χ1v) is 9.65. The van der Waals surface area contributed by atoms with Gasteiger partial charge in [-0.25, -0.2) is 21.2 Å². The zero-order chi connectivity index (χ0) is 16.8. The van der Waals surface area contributed by atoms with Gasteiger partial charge >= 0.3 is 0 Å². The van der Waals surface area contributed by atoms with Crippen LogP contribution in [0.25, 0.3) is 6.08 Å². The van der Waals surface area contributed by atoms with E-state index < -0.39 is 25.7 Å². The van der Waals surface area contributed by atoms with E-state index in [2.05, 4.69) is 4.72 Å². The Morgan fingerprint density at radius 1 is 1.09 bits per heavy atom. The highest BCUT2D eigenvalue weighted by molar-refractivity contribution is 7.95. The molecule has 0 radical (unpaired) electrons. The number of anilines is 1. The van der Waals surface area contributed by atoms with Crippen molar-refractivity contribution in [1.82, 2.24) is 0 Å². The van der Waals surface area contributed by atoms with Gasteiger partial charge in [-0.15, -0.1) is 0 Å². The molecule has 23 heavy (non-hydrogen) atoms. The number of sulfonamides is 1. The molecule has 0 aliphatic carbocycles. The zero-order valence-electron chi connectivity index (χ0n) is 11.3. The van der Waals surface area contributed by atoms with E-state index in [4.69, 9.17) is 11.6 Å². The van der Waals surface area contributed by atoms with Crippen molar-refractivity contribution in [3.63, 3.8) is 0 Å². The Bertz CT molecular complexity index is 1050. The Labute approximate surface area is 137 Å². The Kier molecular flexibility index (Phi) is 3.70. The van der Waals surface area contributed by atoms with E-state index in [1.54, 1.807) is 0 Å². The monoisotopic (exact) mass is 373 g/mol. The second-order valence-corrected chi connectivity index (χ2v) is 8.67. The minimum atomic E-state index is -4.02. The predicted molar refractivity (Wildman–Crippen MR) is 84.9 cm³/mol. The fourth-order valence-electron chi connectivity index (χ4n) is 2.08. The molecular weight excluding hydrogens is 365 g/mol. The number of rotatable bonds is 3. The third kappa shape index (κ3) is 2.97. The molecule has 120 valence electrons. The first kappa shape index (κ1) is 16.0. The molecule has 0 atom stereocenters. The first-order chi connectivity index (χ1) is 10.7. The van der Waals surface area contributed by atoms with Gasteiger partial charge in [0.25, 0.3) is 10.0 Å². The average Bonchev–Trinajstić information content (AvgIpc) is 2.77. The second kappa shape index (κ2) is 5.33. The molecule has 1 N–H and O–H groups in total. The van der Waals surface area contributed by atoms with E-state index >= 15 is 0 Å². The predicted octanol–water partition coefficient (Wildman–Crippen LogP) is 3.04. The summed E-state index contributed by atoms with van der Waals surface area (Å²) in [5.41, 5.74) is 0.564. The fraction of sp³-hybridized carbons (Fsp3) is 0. The molecular formula is C14H9ClFNO4S2. The molecule has 5 nitrogen and oxygen atoms in total. The van der Waals surface area contributed by atoms with Crippen LogP contribution >= 0.6 is 11.6 Å². The van der Waals surface area contributed by atoms with Crippen molar-refractivity contribution in [2.45, 2.75) is 9.79 Å². The summed E-state index contributed by atoms with van der Waals surface area (Å²) in [7, 11) is -7.57. The smallest absolute Gasteiger partial charge is 0.261 e. The van der Waals surface area contributed by atoms with Gasteiger partial charge in [-0.05, 0) is 42.0 Å². The highest BCUT2D eigenvalue weighted by Crippen LogP contribution is 2.30. The number of nitrogens with one attached hydrogen (secondary N) is 1. The third-order valence-corrected chi connectivity index (χ3v) is 6.33. The van der Waals surface area contributed by atoms with Crippen LogP contribution in [0.2, 0.25) is 5.02 Å². The number of hydrogen-bond acceptors (Lipinski definition) is 4. The Hall–Kier alpha value is -1.90. The summed E-state index contributed by atoms with van der Waals surface area (Å²) in [5.74, 6) is -0.736. The van der Waals surface area contributed by atoms with Crippen molar-refractivity contribution < 1.29 is 21.2 Å². The van der Waals surface area contributed by atoms with Crippen LogP contribution in [0, 0.1) is 5.82 Å². The topological polar surface area (TPSA) is 80.3 Å².